The number of hydrogen-bond donors (Lipinski definition) is 2. The number of nitrogens with one attached hydrogen (secondary N) is 1. The lowest BCUT2D eigenvalue weighted by Crippen LogP contribution is -2.40. The van der Waals surface area contributed by atoms with Crippen LogP contribution in [0.25, 0.3) is 0 Å². The minimum atomic E-state index is -1.02. The van der Waals surface area contributed by atoms with Crippen molar-refractivity contribution in [1.82, 2.24) is 5.32 Å². The first kappa shape index (κ1) is 19.9. The van der Waals surface area contributed by atoms with E-state index in [1.54, 1.807) is 0 Å². The molecule has 24 heavy (non-hydrogen) atoms. The number of amides is 1. The molecular weight excluding hydrogens is 306 g/mol. The predicted molar refractivity (Wildman–Crippen MR) is 92.6 cm³/mol. The van der Waals surface area contributed by atoms with E-state index in [1.807, 2.05) is 51.1 Å². The third-order valence-corrected chi connectivity index (χ3v) is 3.59. The van der Waals surface area contributed by atoms with Gasteiger partial charge in [-0.1, -0.05) is 30.3 Å². The molecule has 1 aromatic rings. The lowest BCUT2D eigenvalue weighted by atomic mass is 9.94. The molecule has 0 fully saturated rings. The van der Waals surface area contributed by atoms with Crippen LogP contribution in [0.1, 0.15) is 52.0 Å². The Bertz CT molecular complexity index is 560. The number of carbonyl (C=O) groups excluding carboxylic acids is 2. The number of aliphatic carboxylic acids is 1. The molecule has 0 radical (unpaired) electrons. The maximum absolute atomic E-state index is 12.0. The average Bonchev–Trinajstić information content (AvgIpc) is 2.48. The maximum atomic E-state index is 12.0. The predicted octanol–water partition coefficient (Wildman–Crippen LogP) is 2.97. The van der Waals surface area contributed by atoms with E-state index in [-0.39, 0.29) is 36.5 Å². The number of carboxylic acids is 1. The Labute approximate surface area is 143 Å². The van der Waals surface area contributed by atoms with Crippen molar-refractivity contribution in [3.63, 3.8) is 0 Å². The van der Waals surface area contributed by atoms with Gasteiger partial charge < -0.3 is 10.4 Å². The molecule has 0 aliphatic rings. The number of benzene rings is 1. The molecule has 1 atom stereocenters. The molecule has 0 unspecified atom stereocenters. The van der Waals surface area contributed by atoms with E-state index < -0.39 is 11.9 Å². The van der Waals surface area contributed by atoms with Crippen molar-refractivity contribution in [3.05, 3.63) is 35.9 Å². The number of ketones is 1. The second-order valence-corrected chi connectivity index (χ2v) is 7.10. The van der Waals surface area contributed by atoms with E-state index in [2.05, 4.69) is 5.32 Å². The Balaban J connectivity index is 2.43. The van der Waals surface area contributed by atoms with Crippen LogP contribution in [0.3, 0.4) is 0 Å². The molecule has 0 spiro atoms. The highest BCUT2D eigenvalue weighted by molar-refractivity contribution is 5.84. The fourth-order valence-electron chi connectivity index (χ4n) is 2.40. The van der Waals surface area contributed by atoms with Gasteiger partial charge in [0.15, 0.2) is 0 Å². The summed E-state index contributed by atoms with van der Waals surface area (Å²) in [5, 5.41) is 12.1. The highest BCUT2D eigenvalue weighted by Gasteiger charge is 2.23. The zero-order valence-corrected chi connectivity index (χ0v) is 14.7. The van der Waals surface area contributed by atoms with Gasteiger partial charge in [-0.3, -0.25) is 14.4 Å². The Kier molecular flexibility index (Phi) is 7.62. The lowest BCUT2D eigenvalue weighted by Gasteiger charge is -2.21. The SMILES string of the molecule is CC(C)(C)NC(=O)CC[C@H](CC(=O)CCc1ccccc1)C(=O)O. The summed E-state index contributed by atoms with van der Waals surface area (Å²) in [6.07, 6.45) is 1.19. The topological polar surface area (TPSA) is 83.5 Å². The molecule has 0 aliphatic heterocycles. The van der Waals surface area contributed by atoms with Crippen LogP contribution in [0, 0.1) is 5.92 Å². The summed E-state index contributed by atoms with van der Waals surface area (Å²) in [7, 11) is 0. The zero-order valence-electron chi connectivity index (χ0n) is 14.7. The Hall–Kier alpha value is -2.17. The van der Waals surface area contributed by atoms with Crippen LogP contribution in [-0.4, -0.2) is 28.3 Å². The van der Waals surface area contributed by atoms with Crippen LogP contribution in [0.15, 0.2) is 30.3 Å². The summed E-state index contributed by atoms with van der Waals surface area (Å²) in [5.74, 6) is -2.10. The minimum absolute atomic E-state index is 0.0229. The van der Waals surface area contributed by atoms with Crippen LogP contribution in [0.5, 0.6) is 0 Å². The van der Waals surface area contributed by atoms with Crippen LogP contribution in [0.4, 0.5) is 0 Å². The van der Waals surface area contributed by atoms with Gasteiger partial charge in [-0.2, -0.15) is 0 Å². The number of Topliss-reactive ketones (excluding diaryl/α,β-unsaturated/α-hetero) is 1. The molecule has 0 saturated carbocycles. The molecule has 1 amide bonds. The minimum Gasteiger partial charge on any atom is -0.481 e. The molecule has 1 aromatic carbocycles. The lowest BCUT2D eigenvalue weighted by molar-refractivity contribution is -0.144. The van der Waals surface area contributed by atoms with E-state index in [1.165, 1.54) is 0 Å². The monoisotopic (exact) mass is 333 g/mol. The van der Waals surface area contributed by atoms with Crippen molar-refractivity contribution in [3.8, 4) is 0 Å². The van der Waals surface area contributed by atoms with Crippen molar-refractivity contribution in [1.29, 1.82) is 0 Å². The van der Waals surface area contributed by atoms with Gasteiger partial charge in [-0.15, -0.1) is 0 Å². The molecule has 5 nitrogen and oxygen atoms in total. The van der Waals surface area contributed by atoms with Crippen LogP contribution in [-0.2, 0) is 20.8 Å². The Morgan fingerprint density at radius 2 is 1.71 bits per heavy atom. The van der Waals surface area contributed by atoms with Crippen molar-refractivity contribution in [2.24, 2.45) is 5.92 Å². The first-order chi connectivity index (χ1) is 11.2. The molecule has 0 saturated heterocycles. The van der Waals surface area contributed by atoms with Crippen molar-refractivity contribution >= 4 is 17.7 Å². The molecule has 2 N–H and O–H groups in total. The van der Waals surface area contributed by atoms with E-state index >= 15 is 0 Å². The highest BCUT2D eigenvalue weighted by Crippen LogP contribution is 2.15. The molecule has 0 bridgehead atoms. The van der Waals surface area contributed by atoms with Crippen molar-refractivity contribution < 1.29 is 19.5 Å². The quantitative estimate of drug-likeness (QED) is 0.728. The Morgan fingerprint density at radius 1 is 1.08 bits per heavy atom. The van der Waals surface area contributed by atoms with Crippen molar-refractivity contribution in [2.75, 3.05) is 0 Å². The number of aryl methyl sites for hydroxylation is 1. The third kappa shape index (κ3) is 8.46. The summed E-state index contributed by atoms with van der Waals surface area (Å²) in [6.45, 7) is 5.60. The van der Waals surface area contributed by atoms with Gasteiger partial charge in [-0.25, -0.2) is 0 Å². The first-order valence-electron chi connectivity index (χ1n) is 8.27. The van der Waals surface area contributed by atoms with Gasteiger partial charge in [0.1, 0.15) is 5.78 Å². The Morgan fingerprint density at radius 3 is 2.25 bits per heavy atom. The smallest absolute Gasteiger partial charge is 0.306 e. The molecule has 0 aromatic heterocycles. The molecule has 132 valence electrons. The van der Waals surface area contributed by atoms with Gasteiger partial charge in [-0.05, 0) is 39.2 Å². The van der Waals surface area contributed by atoms with Crippen molar-refractivity contribution in [2.45, 2.75) is 58.4 Å². The van der Waals surface area contributed by atoms with Crippen LogP contribution < -0.4 is 5.32 Å². The summed E-state index contributed by atoms with van der Waals surface area (Å²) < 4.78 is 0. The first-order valence-corrected chi connectivity index (χ1v) is 8.27. The standard InChI is InChI=1S/C19H27NO4/c1-19(2,3)20-17(22)12-10-15(18(23)24)13-16(21)11-9-14-7-5-4-6-8-14/h4-8,15H,9-13H2,1-3H3,(H,20,22)(H,23,24)/t15-/m1/s1. The highest BCUT2D eigenvalue weighted by atomic mass is 16.4. The molecule has 1 rings (SSSR count). The summed E-state index contributed by atoms with van der Waals surface area (Å²) in [5.41, 5.74) is 0.712. The van der Waals surface area contributed by atoms with Crippen LogP contribution in [0.2, 0.25) is 0 Å². The molecule has 0 heterocycles. The summed E-state index contributed by atoms with van der Waals surface area (Å²) in [4.78, 5) is 35.2. The largest absolute Gasteiger partial charge is 0.481 e. The van der Waals surface area contributed by atoms with E-state index in [0.29, 0.717) is 12.8 Å². The fourth-order valence-corrected chi connectivity index (χ4v) is 2.40. The van der Waals surface area contributed by atoms with Gasteiger partial charge in [0.25, 0.3) is 0 Å². The molecular formula is C19H27NO4. The second-order valence-electron chi connectivity index (χ2n) is 7.10. The average molecular weight is 333 g/mol. The normalized spacial score (nSPS) is 12.5. The second kappa shape index (κ2) is 9.21. The van der Waals surface area contributed by atoms with E-state index in [0.717, 1.165) is 5.56 Å². The van der Waals surface area contributed by atoms with E-state index in [4.69, 9.17) is 0 Å². The number of carboxylic acid groups (broad SMARTS) is 1. The van der Waals surface area contributed by atoms with Crippen LogP contribution >= 0.6 is 0 Å². The van der Waals surface area contributed by atoms with E-state index in [9.17, 15) is 19.5 Å². The molecule has 5 heteroatoms. The number of rotatable bonds is 9. The number of carbonyl (C=O) groups is 3. The number of hydrogen-bond acceptors (Lipinski definition) is 3. The maximum Gasteiger partial charge on any atom is 0.306 e. The molecule has 0 aliphatic carbocycles. The van der Waals surface area contributed by atoms with Gasteiger partial charge >= 0.3 is 5.97 Å². The van der Waals surface area contributed by atoms with Gasteiger partial charge in [0.05, 0.1) is 5.92 Å². The van der Waals surface area contributed by atoms with Gasteiger partial charge in [0.2, 0.25) is 5.91 Å². The third-order valence-electron chi connectivity index (χ3n) is 3.59. The fraction of sp³-hybridized carbons (Fsp3) is 0.526. The van der Waals surface area contributed by atoms with Gasteiger partial charge in [0, 0.05) is 24.8 Å². The summed E-state index contributed by atoms with van der Waals surface area (Å²) in [6, 6.07) is 9.62. The zero-order chi connectivity index (χ0) is 18.2. The summed E-state index contributed by atoms with van der Waals surface area (Å²) >= 11 is 0.